The summed E-state index contributed by atoms with van der Waals surface area (Å²) < 4.78 is 27.8. The standard InChI is InChI=1S/C12H11BrF2N2OS/c13-6-4-7(14)10(8(15)5-6)12(18)17-3-1-2-9(17)11(16)19/h4-5,9H,1-3H2,(H2,16,19). The lowest BCUT2D eigenvalue weighted by atomic mass is 10.1. The predicted octanol–water partition coefficient (Wildman–Crippen LogP) is 2.62. The summed E-state index contributed by atoms with van der Waals surface area (Å²) >= 11 is 7.85. The Labute approximate surface area is 122 Å². The van der Waals surface area contributed by atoms with E-state index in [0.717, 1.165) is 12.1 Å². The van der Waals surface area contributed by atoms with Crippen LogP contribution in [-0.4, -0.2) is 28.4 Å². The summed E-state index contributed by atoms with van der Waals surface area (Å²) in [6.45, 7) is 0.399. The summed E-state index contributed by atoms with van der Waals surface area (Å²) in [4.78, 5) is 13.7. The molecule has 0 aliphatic carbocycles. The molecule has 0 radical (unpaired) electrons. The van der Waals surface area contributed by atoms with Gasteiger partial charge in [-0.05, 0) is 25.0 Å². The summed E-state index contributed by atoms with van der Waals surface area (Å²) in [5, 5.41) is 0. The summed E-state index contributed by atoms with van der Waals surface area (Å²) in [6, 6.07) is 1.69. The quantitative estimate of drug-likeness (QED) is 0.835. The molecule has 0 bridgehead atoms. The van der Waals surface area contributed by atoms with Crippen molar-refractivity contribution < 1.29 is 13.6 Å². The fourth-order valence-corrected chi connectivity index (χ4v) is 2.84. The molecule has 0 aromatic heterocycles. The molecule has 1 aromatic rings. The second-order valence-corrected chi connectivity index (χ2v) is 5.69. The van der Waals surface area contributed by atoms with Crippen LogP contribution in [0.2, 0.25) is 0 Å². The van der Waals surface area contributed by atoms with Gasteiger partial charge in [0.1, 0.15) is 17.2 Å². The highest BCUT2D eigenvalue weighted by Gasteiger charge is 2.33. The number of amides is 1. The van der Waals surface area contributed by atoms with Crippen LogP contribution in [0.3, 0.4) is 0 Å². The lowest BCUT2D eigenvalue weighted by Gasteiger charge is -2.24. The molecule has 1 aliphatic rings. The highest BCUT2D eigenvalue weighted by atomic mass is 79.9. The van der Waals surface area contributed by atoms with Crippen LogP contribution in [0.1, 0.15) is 23.2 Å². The Morgan fingerprint density at radius 2 is 2.00 bits per heavy atom. The van der Waals surface area contributed by atoms with Gasteiger partial charge < -0.3 is 10.6 Å². The first-order chi connectivity index (χ1) is 8.91. The number of hydrogen-bond acceptors (Lipinski definition) is 2. The SMILES string of the molecule is NC(=S)C1CCCN1C(=O)c1c(F)cc(Br)cc1F. The van der Waals surface area contributed by atoms with Gasteiger partial charge in [0.15, 0.2) is 0 Å². The third-order valence-corrected chi connectivity index (χ3v) is 3.79. The minimum atomic E-state index is -0.898. The largest absolute Gasteiger partial charge is 0.392 e. The van der Waals surface area contributed by atoms with Crippen molar-refractivity contribution in [1.29, 1.82) is 0 Å². The van der Waals surface area contributed by atoms with Gasteiger partial charge >= 0.3 is 0 Å². The summed E-state index contributed by atoms with van der Waals surface area (Å²) in [5.41, 5.74) is 4.98. The molecule has 1 unspecified atom stereocenters. The number of nitrogens with two attached hydrogens (primary N) is 1. The molecule has 3 nitrogen and oxygen atoms in total. The molecular weight excluding hydrogens is 338 g/mol. The fraction of sp³-hybridized carbons (Fsp3) is 0.333. The molecule has 1 aromatic carbocycles. The van der Waals surface area contributed by atoms with Gasteiger partial charge in [0.25, 0.3) is 5.91 Å². The van der Waals surface area contributed by atoms with Crippen LogP contribution in [-0.2, 0) is 0 Å². The molecule has 102 valence electrons. The van der Waals surface area contributed by atoms with Gasteiger partial charge in [-0.2, -0.15) is 0 Å². The third-order valence-electron chi connectivity index (χ3n) is 3.06. The van der Waals surface area contributed by atoms with Crippen molar-refractivity contribution in [3.63, 3.8) is 0 Å². The zero-order valence-corrected chi connectivity index (χ0v) is 12.2. The topological polar surface area (TPSA) is 46.3 Å². The van der Waals surface area contributed by atoms with Gasteiger partial charge in [-0.1, -0.05) is 28.1 Å². The number of halogens is 3. The first kappa shape index (κ1) is 14.3. The van der Waals surface area contributed by atoms with Gasteiger partial charge in [-0.25, -0.2) is 8.78 Å². The molecule has 1 atom stereocenters. The van der Waals surface area contributed by atoms with Crippen molar-refractivity contribution in [1.82, 2.24) is 4.90 Å². The van der Waals surface area contributed by atoms with E-state index in [1.54, 1.807) is 0 Å². The van der Waals surface area contributed by atoms with Gasteiger partial charge in [-0.3, -0.25) is 4.79 Å². The van der Waals surface area contributed by atoms with Crippen molar-refractivity contribution in [2.45, 2.75) is 18.9 Å². The molecule has 7 heteroatoms. The number of thiocarbonyl (C=S) groups is 1. The number of carbonyl (C=O) groups is 1. The van der Waals surface area contributed by atoms with Crippen molar-refractivity contribution in [3.8, 4) is 0 Å². The predicted molar refractivity (Wildman–Crippen MR) is 74.9 cm³/mol. The molecule has 1 heterocycles. The van der Waals surface area contributed by atoms with Gasteiger partial charge in [0.05, 0.1) is 11.0 Å². The molecule has 2 N–H and O–H groups in total. The smallest absolute Gasteiger partial charge is 0.260 e. The Morgan fingerprint density at radius 3 is 2.53 bits per heavy atom. The van der Waals surface area contributed by atoms with Crippen LogP contribution in [0.5, 0.6) is 0 Å². The molecule has 1 amide bonds. The maximum atomic E-state index is 13.8. The number of benzene rings is 1. The Bertz CT molecular complexity index is 530. The highest BCUT2D eigenvalue weighted by Crippen LogP contribution is 2.25. The van der Waals surface area contributed by atoms with E-state index >= 15 is 0 Å². The zero-order chi connectivity index (χ0) is 14.2. The first-order valence-corrected chi connectivity index (χ1v) is 6.86. The molecule has 2 rings (SSSR count). The van der Waals surface area contributed by atoms with E-state index < -0.39 is 29.1 Å². The highest BCUT2D eigenvalue weighted by molar-refractivity contribution is 9.10. The van der Waals surface area contributed by atoms with Crippen LogP contribution in [0.25, 0.3) is 0 Å². The van der Waals surface area contributed by atoms with Crippen LogP contribution in [0.15, 0.2) is 16.6 Å². The third kappa shape index (κ3) is 2.76. The Hall–Kier alpha value is -1.08. The number of rotatable bonds is 2. The second kappa shape index (κ2) is 5.50. The van der Waals surface area contributed by atoms with Crippen molar-refractivity contribution in [3.05, 3.63) is 33.8 Å². The van der Waals surface area contributed by atoms with Crippen molar-refractivity contribution in [2.75, 3.05) is 6.54 Å². The average Bonchev–Trinajstić information content (AvgIpc) is 2.75. The fourth-order valence-electron chi connectivity index (χ4n) is 2.20. The molecule has 1 aliphatic heterocycles. The van der Waals surface area contributed by atoms with Gasteiger partial charge in [0.2, 0.25) is 0 Å². The molecule has 0 spiro atoms. The number of carbonyl (C=O) groups excluding carboxylic acids is 1. The number of nitrogens with zero attached hydrogens (tertiary/aromatic N) is 1. The Balaban J connectivity index is 2.37. The van der Waals surface area contributed by atoms with E-state index in [9.17, 15) is 13.6 Å². The first-order valence-electron chi connectivity index (χ1n) is 5.66. The van der Waals surface area contributed by atoms with Crippen LogP contribution in [0.4, 0.5) is 8.78 Å². The van der Waals surface area contributed by atoms with Crippen molar-refractivity contribution >= 4 is 39.0 Å². The number of likely N-dealkylation sites (tertiary alicyclic amines) is 1. The van der Waals surface area contributed by atoms with Crippen molar-refractivity contribution in [2.24, 2.45) is 5.73 Å². The summed E-state index contributed by atoms with van der Waals surface area (Å²) in [7, 11) is 0. The van der Waals surface area contributed by atoms with Crippen LogP contribution >= 0.6 is 28.1 Å². The molecule has 1 fully saturated rings. The lowest BCUT2D eigenvalue weighted by Crippen LogP contribution is -2.43. The normalized spacial score (nSPS) is 18.7. The van der Waals surface area contributed by atoms with E-state index in [1.165, 1.54) is 4.90 Å². The summed E-state index contributed by atoms with van der Waals surface area (Å²) in [6.07, 6.45) is 1.34. The van der Waals surface area contributed by atoms with Crippen LogP contribution in [0, 0.1) is 11.6 Å². The lowest BCUT2D eigenvalue weighted by molar-refractivity contribution is 0.0760. The molecule has 1 saturated heterocycles. The van der Waals surface area contributed by atoms with E-state index in [1.807, 2.05) is 0 Å². The molecular formula is C12H11BrF2N2OS. The molecule has 19 heavy (non-hydrogen) atoms. The van der Waals surface area contributed by atoms with E-state index in [0.29, 0.717) is 19.4 Å². The van der Waals surface area contributed by atoms with Gasteiger partial charge in [0, 0.05) is 11.0 Å². The Morgan fingerprint density at radius 1 is 1.42 bits per heavy atom. The zero-order valence-electron chi connectivity index (χ0n) is 9.83. The van der Waals surface area contributed by atoms with Crippen LogP contribution < -0.4 is 5.73 Å². The minimum Gasteiger partial charge on any atom is -0.392 e. The second-order valence-electron chi connectivity index (χ2n) is 4.30. The maximum absolute atomic E-state index is 13.8. The van der Waals surface area contributed by atoms with Gasteiger partial charge in [-0.15, -0.1) is 0 Å². The number of hydrogen-bond donors (Lipinski definition) is 1. The monoisotopic (exact) mass is 348 g/mol. The maximum Gasteiger partial charge on any atom is 0.260 e. The average molecular weight is 349 g/mol. The Kier molecular flexibility index (Phi) is 4.15. The van der Waals surface area contributed by atoms with E-state index in [2.05, 4.69) is 15.9 Å². The van der Waals surface area contributed by atoms with E-state index in [4.69, 9.17) is 18.0 Å². The van der Waals surface area contributed by atoms with E-state index in [-0.39, 0.29) is 9.46 Å². The minimum absolute atomic E-state index is 0.170. The summed E-state index contributed by atoms with van der Waals surface area (Å²) in [5.74, 6) is -2.51. The molecule has 0 saturated carbocycles.